The topological polar surface area (TPSA) is 30.5 Å². The van der Waals surface area contributed by atoms with Crippen LogP contribution in [-0.4, -0.2) is 32.4 Å². The number of benzene rings is 1. The first-order valence-electron chi connectivity index (χ1n) is 5.85. The summed E-state index contributed by atoms with van der Waals surface area (Å²) >= 11 is 0. The minimum Gasteiger partial charge on any atom is -0.494 e. The van der Waals surface area contributed by atoms with Crippen LogP contribution in [0.4, 0.5) is 0 Å². The van der Waals surface area contributed by atoms with Crippen molar-refractivity contribution in [2.75, 3.05) is 26.4 Å². The standard InChI is InChI=1S/C13H19NO2/c1-11-2-4-13(5-3-11)16-8-6-12-10-15-9-7-14-12/h2-5,12,14H,6-10H2,1H3. The van der Waals surface area contributed by atoms with Gasteiger partial charge in [0.15, 0.2) is 0 Å². The van der Waals surface area contributed by atoms with Crippen molar-refractivity contribution in [2.24, 2.45) is 0 Å². The highest BCUT2D eigenvalue weighted by Crippen LogP contribution is 2.12. The third-order valence-corrected chi connectivity index (χ3v) is 2.75. The molecule has 0 spiro atoms. The molecule has 1 aromatic rings. The number of nitrogens with one attached hydrogen (secondary N) is 1. The third-order valence-electron chi connectivity index (χ3n) is 2.75. The van der Waals surface area contributed by atoms with Crippen molar-refractivity contribution in [1.82, 2.24) is 5.32 Å². The molecule has 1 saturated heterocycles. The normalized spacial score (nSPS) is 20.7. The zero-order chi connectivity index (χ0) is 11.2. The number of hydrogen-bond acceptors (Lipinski definition) is 3. The fourth-order valence-electron chi connectivity index (χ4n) is 1.76. The van der Waals surface area contributed by atoms with Crippen LogP contribution in [0, 0.1) is 6.92 Å². The van der Waals surface area contributed by atoms with Crippen LogP contribution in [0.5, 0.6) is 5.75 Å². The van der Waals surface area contributed by atoms with Gasteiger partial charge in [-0.2, -0.15) is 0 Å². The fraction of sp³-hybridized carbons (Fsp3) is 0.538. The average molecular weight is 221 g/mol. The maximum absolute atomic E-state index is 5.67. The number of hydrogen-bond donors (Lipinski definition) is 1. The highest BCUT2D eigenvalue weighted by Gasteiger charge is 2.12. The van der Waals surface area contributed by atoms with Crippen LogP contribution in [0.25, 0.3) is 0 Å². The molecule has 1 aliphatic heterocycles. The van der Waals surface area contributed by atoms with Crippen LogP contribution < -0.4 is 10.1 Å². The number of ether oxygens (including phenoxy) is 2. The molecule has 88 valence electrons. The van der Waals surface area contributed by atoms with Gasteiger partial charge in [-0.05, 0) is 25.5 Å². The van der Waals surface area contributed by atoms with Gasteiger partial charge in [-0.15, -0.1) is 0 Å². The van der Waals surface area contributed by atoms with Crippen molar-refractivity contribution in [3.63, 3.8) is 0 Å². The van der Waals surface area contributed by atoms with Crippen LogP contribution in [0.2, 0.25) is 0 Å². The van der Waals surface area contributed by atoms with Gasteiger partial charge in [0.05, 0.1) is 19.8 Å². The molecule has 3 heteroatoms. The molecule has 16 heavy (non-hydrogen) atoms. The fourth-order valence-corrected chi connectivity index (χ4v) is 1.76. The zero-order valence-corrected chi connectivity index (χ0v) is 9.74. The second kappa shape index (κ2) is 5.87. The van der Waals surface area contributed by atoms with E-state index in [-0.39, 0.29) is 0 Å². The Bertz CT molecular complexity index is 304. The summed E-state index contributed by atoms with van der Waals surface area (Å²) in [5, 5.41) is 3.41. The Kier molecular flexibility index (Phi) is 4.19. The molecular weight excluding hydrogens is 202 g/mol. The SMILES string of the molecule is Cc1ccc(OCCC2COCCN2)cc1. The van der Waals surface area contributed by atoms with Crippen LogP contribution >= 0.6 is 0 Å². The van der Waals surface area contributed by atoms with Gasteiger partial charge in [0.2, 0.25) is 0 Å². The van der Waals surface area contributed by atoms with Crippen molar-refractivity contribution in [1.29, 1.82) is 0 Å². The van der Waals surface area contributed by atoms with Gasteiger partial charge in [0.25, 0.3) is 0 Å². The van der Waals surface area contributed by atoms with Crippen molar-refractivity contribution < 1.29 is 9.47 Å². The first-order chi connectivity index (χ1) is 7.84. The lowest BCUT2D eigenvalue weighted by atomic mass is 10.2. The largest absolute Gasteiger partial charge is 0.494 e. The number of aryl methyl sites for hydroxylation is 1. The molecular formula is C13H19NO2. The summed E-state index contributed by atoms with van der Waals surface area (Å²) in [6.45, 7) is 5.40. The Labute approximate surface area is 96.8 Å². The highest BCUT2D eigenvalue weighted by molar-refractivity contribution is 5.26. The van der Waals surface area contributed by atoms with E-state index in [2.05, 4.69) is 24.4 Å². The monoisotopic (exact) mass is 221 g/mol. The van der Waals surface area contributed by atoms with Crippen LogP contribution in [0.3, 0.4) is 0 Å². The molecule has 1 aromatic carbocycles. The van der Waals surface area contributed by atoms with Crippen molar-refractivity contribution in [3.05, 3.63) is 29.8 Å². The Morgan fingerprint density at radius 3 is 2.88 bits per heavy atom. The van der Waals surface area contributed by atoms with Crippen LogP contribution in [0.1, 0.15) is 12.0 Å². The molecule has 3 nitrogen and oxygen atoms in total. The second-order valence-corrected chi connectivity index (χ2v) is 4.18. The van der Waals surface area contributed by atoms with E-state index < -0.39 is 0 Å². The first-order valence-corrected chi connectivity index (χ1v) is 5.85. The van der Waals surface area contributed by atoms with Gasteiger partial charge in [0, 0.05) is 12.6 Å². The summed E-state index contributed by atoms with van der Waals surface area (Å²) < 4.78 is 11.1. The molecule has 0 bridgehead atoms. The average Bonchev–Trinajstić information content (AvgIpc) is 2.33. The minimum atomic E-state index is 0.444. The summed E-state index contributed by atoms with van der Waals surface area (Å²) in [5.41, 5.74) is 1.26. The van der Waals surface area contributed by atoms with E-state index in [9.17, 15) is 0 Å². The third kappa shape index (κ3) is 3.51. The van der Waals surface area contributed by atoms with E-state index in [1.807, 2.05) is 12.1 Å². The van der Waals surface area contributed by atoms with Gasteiger partial charge >= 0.3 is 0 Å². The predicted octanol–water partition coefficient (Wildman–Crippen LogP) is 1.75. The van der Waals surface area contributed by atoms with Gasteiger partial charge < -0.3 is 14.8 Å². The molecule has 1 aliphatic rings. The minimum absolute atomic E-state index is 0.444. The highest BCUT2D eigenvalue weighted by atomic mass is 16.5. The van der Waals surface area contributed by atoms with Crippen LogP contribution in [0.15, 0.2) is 24.3 Å². The lowest BCUT2D eigenvalue weighted by Gasteiger charge is -2.23. The van der Waals surface area contributed by atoms with E-state index >= 15 is 0 Å². The maximum Gasteiger partial charge on any atom is 0.119 e. The molecule has 1 unspecified atom stereocenters. The molecule has 0 aliphatic carbocycles. The van der Waals surface area contributed by atoms with E-state index in [4.69, 9.17) is 9.47 Å². The molecule has 2 rings (SSSR count). The molecule has 1 N–H and O–H groups in total. The molecule has 0 amide bonds. The number of morpholine rings is 1. The van der Waals surface area contributed by atoms with Gasteiger partial charge in [-0.1, -0.05) is 17.7 Å². The van der Waals surface area contributed by atoms with Crippen molar-refractivity contribution >= 4 is 0 Å². The van der Waals surface area contributed by atoms with E-state index in [1.165, 1.54) is 5.56 Å². The molecule has 1 atom stereocenters. The Morgan fingerprint density at radius 1 is 1.38 bits per heavy atom. The van der Waals surface area contributed by atoms with Gasteiger partial charge in [-0.25, -0.2) is 0 Å². The Balaban J connectivity index is 1.69. The van der Waals surface area contributed by atoms with E-state index in [0.29, 0.717) is 6.04 Å². The quantitative estimate of drug-likeness (QED) is 0.840. The summed E-state index contributed by atoms with van der Waals surface area (Å²) in [6.07, 6.45) is 0.994. The number of rotatable bonds is 4. The van der Waals surface area contributed by atoms with Crippen molar-refractivity contribution in [2.45, 2.75) is 19.4 Å². The molecule has 0 radical (unpaired) electrons. The van der Waals surface area contributed by atoms with E-state index in [0.717, 1.165) is 38.5 Å². The molecule has 1 fully saturated rings. The zero-order valence-electron chi connectivity index (χ0n) is 9.74. The Hall–Kier alpha value is -1.06. The van der Waals surface area contributed by atoms with Gasteiger partial charge in [0.1, 0.15) is 5.75 Å². The maximum atomic E-state index is 5.67. The lowest BCUT2D eigenvalue weighted by Crippen LogP contribution is -2.41. The second-order valence-electron chi connectivity index (χ2n) is 4.18. The van der Waals surface area contributed by atoms with E-state index in [1.54, 1.807) is 0 Å². The van der Waals surface area contributed by atoms with Crippen molar-refractivity contribution in [3.8, 4) is 5.75 Å². The molecule has 0 saturated carbocycles. The summed E-state index contributed by atoms with van der Waals surface area (Å²) in [7, 11) is 0. The smallest absolute Gasteiger partial charge is 0.119 e. The Morgan fingerprint density at radius 2 is 2.19 bits per heavy atom. The summed E-state index contributed by atoms with van der Waals surface area (Å²) in [5.74, 6) is 0.947. The lowest BCUT2D eigenvalue weighted by molar-refractivity contribution is 0.0691. The van der Waals surface area contributed by atoms with Gasteiger partial charge in [-0.3, -0.25) is 0 Å². The van der Waals surface area contributed by atoms with Crippen LogP contribution in [-0.2, 0) is 4.74 Å². The summed E-state index contributed by atoms with van der Waals surface area (Å²) in [6, 6.07) is 8.61. The first kappa shape index (κ1) is 11.4. The molecule has 0 aromatic heterocycles. The summed E-state index contributed by atoms with van der Waals surface area (Å²) in [4.78, 5) is 0. The predicted molar refractivity (Wildman–Crippen MR) is 63.9 cm³/mol. The molecule has 1 heterocycles.